The van der Waals surface area contributed by atoms with Crippen molar-refractivity contribution in [3.05, 3.63) is 54.4 Å². The topological polar surface area (TPSA) is 45.2 Å². The van der Waals surface area contributed by atoms with Crippen LogP contribution < -0.4 is 10.2 Å². The molecule has 21 heavy (non-hydrogen) atoms. The molecule has 1 N–H and O–H groups in total. The van der Waals surface area contributed by atoms with Crippen LogP contribution in [0.25, 0.3) is 0 Å². The number of carbonyl (C=O) groups is 1. The van der Waals surface area contributed by atoms with Crippen LogP contribution in [0.4, 0.5) is 11.4 Å². The first-order valence-corrected chi connectivity index (χ1v) is 7.40. The van der Waals surface area contributed by atoms with Gasteiger partial charge in [0.1, 0.15) is 0 Å². The van der Waals surface area contributed by atoms with Crippen LogP contribution in [0, 0.1) is 0 Å². The van der Waals surface area contributed by atoms with Gasteiger partial charge in [0, 0.05) is 25.0 Å². The van der Waals surface area contributed by atoms with Gasteiger partial charge in [-0.1, -0.05) is 12.1 Å². The molecule has 3 rings (SSSR count). The van der Waals surface area contributed by atoms with E-state index in [1.807, 2.05) is 36.4 Å². The summed E-state index contributed by atoms with van der Waals surface area (Å²) in [6.07, 6.45) is 7.01. The lowest BCUT2D eigenvalue weighted by atomic mass is 10.1. The lowest BCUT2D eigenvalue weighted by molar-refractivity contribution is 0.102. The van der Waals surface area contributed by atoms with Crippen molar-refractivity contribution in [2.45, 2.75) is 19.3 Å². The van der Waals surface area contributed by atoms with Crippen LogP contribution in [0.3, 0.4) is 0 Å². The molecule has 0 saturated carbocycles. The molecular formula is C17H19N3O. The minimum Gasteiger partial charge on any atom is -0.371 e. The van der Waals surface area contributed by atoms with Crippen LogP contribution in [0.1, 0.15) is 29.6 Å². The summed E-state index contributed by atoms with van der Waals surface area (Å²) in [7, 11) is 0. The van der Waals surface area contributed by atoms with Gasteiger partial charge in [0.15, 0.2) is 0 Å². The predicted octanol–water partition coefficient (Wildman–Crippen LogP) is 3.32. The summed E-state index contributed by atoms with van der Waals surface area (Å²) in [6, 6.07) is 11.5. The number of hydrogen-bond donors (Lipinski definition) is 1. The summed E-state index contributed by atoms with van der Waals surface area (Å²) in [6.45, 7) is 2.05. The average Bonchev–Trinajstić information content (AvgIpc) is 2.56. The Bertz CT molecular complexity index is 606. The molecule has 1 aromatic heterocycles. The molecule has 0 unspecified atom stereocenters. The molecule has 2 heterocycles. The van der Waals surface area contributed by atoms with E-state index in [0.29, 0.717) is 0 Å². The third-order valence-electron chi connectivity index (χ3n) is 3.76. The molecule has 0 aliphatic carbocycles. The van der Waals surface area contributed by atoms with E-state index < -0.39 is 0 Å². The molecule has 0 bridgehead atoms. The van der Waals surface area contributed by atoms with Gasteiger partial charge in [-0.25, -0.2) is 0 Å². The first kappa shape index (κ1) is 13.6. The van der Waals surface area contributed by atoms with Gasteiger partial charge in [-0.05, 0) is 43.5 Å². The van der Waals surface area contributed by atoms with E-state index in [2.05, 4.69) is 15.2 Å². The highest BCUT2D eigenvalue weighted by molar-refractivity contribution is 6.08. The lowest BCUT2D eigenvalue weighted by Crippen LogP contribution is -2.31. The SMILES string of the molecule is O=C(Nc1cccnc1)c1ccccc1N1CCCCC1. The number of nitrogens with one attached hydrogen (secondary N) is 1. The maximum Gasteiger partial charge on any atom is 0.257 e. The molecule has 1 aliphatic rings. The summed E-state index contributed by atoms with van der Waals surface area (Å²) in [5, 5.41) is 2.91. The highest BCUT2D eigenvalue weighted by Gasteiger charge is 2.18. The maximum absolute atomic E-state index is 12.5. The largest absolute Gasteiger partial charge is 0.371 e. The number of aromatic nitrogens is 1. The van der Waals surface area contributed by atoms with Crippen molar-refractivity contribution in [1.29, 1.82) is 0 Å². The number of pyridine rings is 1. The second kappa shape index (κ2) is 6.39. The smallest absolute Gasteiger partial charge is 0.257 e. The number of rotatable bonds is 3. The highest BCUT2D eigenvalue weighted by Crippen LogP contribution is 2.24. The monoisotopic (exact) mass is 281 g/mol. The Morgan fingerprint density at radius 3 is 2.62 bits per heavy atom. The third-order valence-corrected chi connectivity index (χ3v) is 3.76. The van der Waals surface area contributed by atoms with E-state index in [-0.39, 0.29) is 5.91 Å². The molecule has 1 saturated heterocycles. The number of amides is 1. The number of piperidine rings is 1. The van der Waals surface area contributed by atoms with Gasteiger partial charge in [0.2, 0.25) is 0 Å². The molecule has 108 valence electrons. The second-order valence-corrected chi connectivity index (χ2v) is 5.26. The van der Waals surface area contributed by atoms with Gasteiger partial charge < -0.3 is 10.2 Å². The summed E-state index contributed by atoms with van der Waals surface area (Å²) in [5.74, 6) is -0.0795. The Kier molecular flexibility index (Phi) is 4.15. The van der Waals surface area contributed by atoms with Crippen molar-refractivity contribution in [2.24, 2.45) is 0 Å². The fourth-order valence-corrected chi connectivity index (χ4v) is 2.71. The normalized spacial score (nSPS) is 14.8. The number of carbonyl (C=O) groups excluding carboxylic acids is 1. The van der Waals surface area contributed by atoms with E-state index in [1.165, 1.54) is 19.3 Å². The maximum atomic E-state index is 12.5. The molecule has 4 heteroatoms. The summed E-state index contributed by atoms with van der Waals surface area (Å²) < 4.78 is 0. The van der Waals surface area contributed by atoms with Crippen molar-refractivity contribution in [2.75, 3.05) is 23.3 Å². The molecule has 0 atom stereocenters. The Morgan fingerprint density at radius 2 is 1.86 bits per heavy atom. The number of hydrogen-bond acceptors (Lipinski definition) is 3. The lowest BCUT2D eigenvalue weighted by Gasteiger charge is -2.30. The molecule has 1 aliphatic heterocycles. The summed E-state index contributed by atoms with van der Waals surface area (Å²) in [5.41, 5.74) is 2.47. The molecule has 2 aromatic rings. The van der Waals surface area contributed by atoms with E-state index >= 15 is 0 Å². The number of anilines is 2. The number of benzene rings is 1. The van der Waals surface area contributed by atoms with Crippen molar-refractivity contribution in [3.8, 4) is 0 Å². The van der Waals surface area contributed by atoms with Gasteiger partial charge in [-0.3, -0.25) is 9.78 Å². The first-order chi connectivity index (χ1) is 10.3. The van der Waals surface area contributed by atoms with Crippen LogP contribution in [0.5, 0.6) is 0 Å². The van der Waals surface area contributed by atoms with Crippen LogP contribution in [-0.2, 0) is 0 Å². The Hall–Kier alpha value is -2.36. The highest BCUT2D eigenvalue weighted by atomic mass is 16.1. The van der Waals surface area contributed by atoms with Crippen LogP contribution >= 0.6 is 0 Å². The van der Waals surface area contributed by atoms with E-state index in [1.54, 1.807) is 12.4 Å². The van der Waals surface area contributed by atoms with Gasteiger partial charge >= 0.3 is 0 Å². The van der Waals surface area contributed by atoms with E-state index in [0.717, 1.165) is 30.0 Å². The number of nitrogens with zero attached hydrogens (tertiary/aromatic N) is 2. The Labute approximate surface area is 124 Å². The van der Waals surface area contributed by atoms with Crippen LogP contribution in [0.15, 0.2) is 48.8 Å². The molecule has 4 nitrogen and oxygen atoms in total. The zero-order valence-electron chi connectivity index (χ0n) is 12.0. The zero-order valence-corrected chi connectivity index (χ0v) is 12.0. The van der Waals surface area contributed by atoms with Crippen molar-refractivity contribution < 1.29 is 4.79 Å². The fourth-order valence-electron chi connectivity index (χ4n) is 2.71. The predicted molar refractivity (Wildman–Crippen MR) is 84.7 cm³/mol. The van der Waals surface area contributed by atoms with Crippen LogP contribution in [0.2, 0.25) is 0 Å². The molecular weight excluding hydrogens is 262 g/mol. The van der Waals surface area contributed by atoms with Crippen molar-refractivity contribution in [3.63, 3.8) is 0 Å². The Morgan fingerprint density at radius 1 is 1.05 bits per heavy atom. The number of para-hydroxylation sites is 1. The molecule has 1 fully saturated rings. The van der Waals surface area contributed by atoms with Gasteiger partial charge in [-0.15, -0.1) is 0 Å². The molecule has 1 amide bonds. The summed E-state index contributed by atoms with van der Waals surface area (Å²) in [4.78, 5) is 18.8. The quantitative estimate of drug-likeness (QED) is 0.938. The van der Waals surface area contributed by atoms with Crippen molar-refractivity contribution in [1.82, 2.24) is 4.98 Å². The fraction of sp³-hybridized carbons (Fsp3) is 0.294. The molecule has 1 aromatic carbocycles. The zero-order chi connectivity index (χ0) is 14.5. The average molecular weight is 281 g/mol. The second-order valence-electron chi connectivity index (χ2n) is 5.26. The minimum absolute atomic E-state index is 0.0795. The van der Waals surface area contributed by atoms with Crippen molar-refractivity contribution >= 4 is 17.3 Å². The first-order valence-electron chi connectivity index (χ1n) is 7.40. The van der Waals surface area contributed by atoms with E-state index in [9.17, 15) is 4.79 Å². The third kappa shape index (κ3) is 3.21. The van der Waals surface area contributed by atoms with E-state index in [4.69, 9.17) is 0 Å². The minimum atomic E-state index is -0.0795. The van der Waals surface area contributed by atoms with Gasteiger partial charge in [-0.2, -0.15) is 0 Å². The summed E-state index contributed by atoms with van der Waals surface area (Å²) >= 11 is 0. The van der Waals surface area contributed by atoms with Crippen LogP contribution in [-0.4, -0.2) is 24.0 Å². The van der Waals surface area contributed by atoms with Gasteiger partial charge in [0.05, 0.1) is 17.4 Å². The van der Waals surface area contributed by atoms with Gasteiger partial charge in [0.25, 0.3) is 5.91 Å². The molecule has 0 radical (unpaired) electrons. The Balaban J connectivity index is 1.82. The standard InChI is InChI=1S/C17H19N3O/c21-17(19-14-7-6-10-18-13-14)15-8-2-3-9-16(15)20-11-4-1-5-12-20/h2-3,6-10,13H,1,4-5,11-12H2,(H,19,21). The molecule has 0 spiro atoms.